The number of ketones is 1. The smallest absolute Gasteiger partial charge is 0.188 e. The molecule has 0 amide bonds. The zero-order chi connectivity index (χ0) is 19.0. The summed E-state index contributed by atoms with van der Waals surface area (Å²) in [4.78, 5) is 13.6. The molecule has 5 heteroatoms. The molecule has 1 unspecified atom stereocenters. The molecule has 2 aliphatic heterocycles. The van der Waals surface area contributed by atoms with Crippen LogP contribution in [0.25, 0.3) is 0 Å². The van der Waals surface area contributed by atoms with Crippen LogP contribution in [0.3, 0.4) is 0 Å². The van der Waals surface area contributed by atoms with Crippen molar-refractivity contribution in [1.82, 2.24) is 0 Å². The fourth-order valence-corrected chi connectivity index (χ4v) is 8.11. The lowest BCUT2D eigenvalue weighted by Gasteiger charge is -2.55. The van der Waals surface area contributed by atoms with E-state index in [1.54, 1.807) is 0 Å². The van der Waals surface area contributed by atoms with Crippen LogP contribution in [-0.2, 0) is 23.7 Å². The molecular weight excluding hydrogens is 356 g/mol. The number of rotatable bonds is 1. The molecule has 5 nitrogen and oxygen atoms in total. The van der Waals surface area contributed by atoms with E-state index in [9.17, 15) is 4.79 Å². The van der Waals surface area contributed by atoms with Gasteiger partial charge in [-0.1, -0.05) is 12.5 Å². The predicted molar refractivity (Wildman–Crippen MR) is 101 cm³/mol. The van der Waals surface area contributed by atoms with Crippen LogP contribution in [0.2, 0.25) is 0 Å². The Morgan fingerprint density at radius 1 is 1.00 bits per heavy atom. The van der Waals surface area contributed by atoms with E-state index >= 15 is 0 Å². The molecule has 0 bridgehead atoms. The summed E-state index contributed by atoms with van der Waals surface area (Å²) in [7, 11) is 0. The third kappa shape index (κ3) is 2.19. The van der Waals surface area contributed by atoms with Gasteiger partial charge in [0.1, 0.15) is 5.78 Å². The van der Waals surface area contributed by atoms with Gasteiger partial charge in [-0.25, -0.2) is 0 Å². The predicted octanol–water partition coefficient (Wildman–Crippen LogP) is 3.61. The normalized spacial score (nSPS) is 45.8. The van der Waals surface area contributed by atoms with E-state index < -0.39 is 11.6 Å². The molecule has 2 saturated heterocycles. The molecule has 154 valence electrons. The van der Waals surface area contributed by atoms with Crippen molar-refractivity contribution in [2.24, 2.45) is 29.1 Å². The molecule has 0 aromatic rings. The lowest BCUT2D eigenvalue weighted by Crippen LogP contribution is -2.58. The number of allylic oxidation sites excluding steroid dienone is 1. The molecule has 0 N–H and O–H groups in total. The Bertz CT molecular complexity index is 702. The molecule has 3 saturated carbocycles. The van der Waals surface area contributed by atoms with E-state index in [4.69, 9.17) is 18.9 Å². The van der Waals surface area contributed by atoms with Crippen molar-refractivity contribution in [3.05, 3.63) is 11.6 Å². The molecular formula is C23H32O5. The second kappa shape index (κ2) is 6.13. The van der Waals surface area contributed by atoms with Crippen LogP contribution >= 0.6 is 0 Å². The first-order valence-electron chi connectivity index (χ1n) is 11.4. The number of fused-ring (bicyclic) bond motifs is 6. The molecule has 2 spiro atoms. The average molecular weight is 389 g/mol. The lowest BCUT2D eigenvalue weighted by molar-refractivity contribution is -0.245. The van der Waals surface area contributed by atoms with Gasteiger partial charge < -0.3 is 18.9 Å². The molecule has 5 fully saturated rings. The highest BCUT2D eigenvalue weighted by Crippen LogP contribution is 2.67. The van der Waals surface area contributed by atoms with Gasteiger partial charge in [0.05, 0.1) is 26.4 Å². The van der Waals surface area contributed by atoms with E-state index in [0.717, 1.165) is 44.9 Å². The Labute approximate surface area is 167 Å². The maximum Gasteiger partial charge on any atom is 0.188 e. The van der Waals surface area contributed by atoms with Gasteiger partial charge in [-0.2, -0.15) is 0 Å². The van der Waals surface area contributed by atoms with Crippen LogP contribution in [0.5, 0.6) is 0 Å². The summed E-state index contributed by atoms with van der Waals surface area (Å²) in [5.74, 6) is 1.08. The van der Waals surface area contributed by atoms with E-state index in [2.05, 4.69) is 13.0 Å². The summed E-state index contributed by atoms with van der Waals surface area (Å²) < 4.78 is 24.4. The second-order valence-corrected chi connectivity index (χ2v) is 9.85. The zero-order valence-corrected chi connectivity index (χ0v) is 16.9. The van der Waals surface area contributed by atoms with E-state index in [1.807, 2.05) is 0 Å². The summed E-state index contributed by atoms with van der Waals surface area (Å²) in [5.41, 5.74) is 1.31. The van der Waals surface area contributed by atoms with Gasteiger partial charge in [0.15, 0.2) is 11.6 Å². The van der Waals surface area contributed by atoms with Crippen molar-refractivity contribution in [1.29, 1.82) is 0 Å². The number of hydrogen-bond acceptors (Lipinski definition) is 5. The maximum absolute atomic E-state index is 13.6. The van der Waals surface area contributed by atoms with E-state index in [1.165, 1.54) is 5.57 Å². The van der Waals surface area contributed by atoms with Gasteiger partial charge in [-0.05, 0) is 55.9 Å². The van der Waals surface area contributed by atoms with Crippen LogP contribution in [0.1, 0.15) is 58.3 Å². The van der Waals surface area contributed by atoms with Crippen LogP contribution < -0.4 is 0 Å². The van der Waals surface area contributed by atoms with Gasteiger partial charge in [0.2, 0.25) is 0 Å². The quantitative estimate of drug-likeness (QED) is 0.642. The Kier molecular flexibility index (Phi) is 3.95. The van der Waals surface area contributed by atoms with E-state index in [-0.39, 0.29) is 11.3 Å². The molecule has 6 rings (SSSR count). The van der Waals surface area contributed by atoms with Crippen molar-refractivity contribution in [3.63, 3.8) is 0 Å². The summed E-state index contributed by atoms with van der Waals surface area (Å²) >= 11 is 0. The Morgan fingerprint density at radius 3 is 2.50 bits per heavy atom. The minimum Gasteiger partial charge on any atom is -0.347 e. The molecule has 6 aliphatic rings. The highest BCUT2D eigenvalue weighted by atomic mass is 16.7. The van der Waals surface area contributed by atoms with Crippen LogP contribution in [0.15, 0.2) is 11.6 Å². The van der Waals surface area contributed by atoms with Crippen LogP contribution in [0.4, 0.5) is 0 Å². The second-order valence-electron chi connectivity index (χ2n) is 9.85. The standard InChI is InChI=1S/C23H32O5/c1-2-21-14-19(24)20-16-5-7-22(25-9-10-26-22)13-15(16)3-4-17(20)18(21)6-8-23(21)27-11-12-28-23/h13,16-18,20H,2-12,14H2,1H3/t16?,17-,18-,20+,21-/m0/s1. The van der Waals surface area contributed by atoms with Crippen molar-refractivity contribution in [3.8, 4) is 0 Å². The highest BCUT2D eigenvalue weighted by Gasteiger charge is 2.69. The summed E-state index contributed by atoms with van der Waals surface area (Å²) in [6, 6.07) is 0. The van der Waals surface area contributed by atoms with Crippen LogP contribution in [0, 0.1) is 29.1 Å². The molecule has 4 aliphatic carbocycles. The monoisotopic (exact) mass is 388 g/mol. The van der Waals surface area contributed by atoms with Crippen molar-refractivity contribution < 1.29 is 23.7 Å². The van der Waals surface area contributed by atoms with Gasteiger partial charge in [0, 0.05) is 30.6 Å². The first-order valence-corrected chi connectivity index (χ1v) is 11.4. The summed E-state index contributed by atoms with van der Waals surface area (Å²) in [6.45, 7) is 4.96. The fraction of sp³-hybridized carbons (Fsp3) is 0.870. The van der Waals surface area contributed by atoms with Crippen LogP contribution in [-0.4, -0.2) is 43.8 Å². The maximum atomic E-state index is 13.6. The Morgan fingerprint density at radius 2 is 1.75 bits per heavy atom. The van der Waals surface area contributed by atoms with E-state index in [0.29, 0.717) is 56.4 Å². The minimum absolute atomic E-state index is 0.115. The third-order valence-corrected chi connectivity index (χ3v) is 9.14. The van der Waals surface area contributed by atoms with Gasteiger partial charge in [0.25, 0.3) is 0 Å². The number of carbonyl (C=O) groups excluding carboxylic acids is 1. The van der Waals surface area contributed by atoms with Gasteiger partial charge in [-0.15, -0.1) is 0 Å². The molecule has 28 heavy (non-hydrogen) atoms. The molecule has 2 heterocycles. The summed E-state index contributed by atoms with van der Waals surface area (Å²) in [6.07, 6.45) is 10.1. The zero-order valence-electron chi connectivity index (χ0n) is 16.9. The van der Waals surface area contributed by atoms with Crippen molar-refractivity contribution >= 4 is 5.78 Å². The Hall–Kier alpha value is -0.750. The SMILES string of the molecule is CC[C@]12CC(=O)[C@@H]3C4CCC5(C=C4CC[C@H]3[C@@H]1CCC21OCCO1)OCCO5. The van der Waals surface area contributed by atoms with Crippen molar-refractivity contribution in [2.45, 2.75) is 69.9 Å². The first-order chi connectivity index (χ1) is 13.6. The fourth-order valence-electron chi connectivity index (χ4n) is 8.11. The first kappa shape index (κ1) is 18.1. The molecule has 0 aromatic carbocycles. The summed E-state index contributed by atoms with van der Waals surface area (Å²) in [5, 5.41) is 0. The minimum atomic E-state index is -0.495. The average Bonchev–Trinajstić information content (AvgIpc) is 3.43. The highest BCUT2D eigenvalue weighted by molar-refractivity contribution is 5.84. The molecule has 0 radical (unpaired) electrons. The van der Waals surface area contributed by atoms with Crippen molar-refractivity contribution in [2.75, 3.05) is 26.4 Å². The largest absolute Gasteiger partial charge is 0.347 e. The Balaban J connectivity index is 1.34. The van der Waals surface area contributed by atoms with Gasteiger partial charge in [-0.3, -0.25) is 4.79 Å². The number of hydrogen-bond donors (Lipinski definition) is 0. The van der Waals surface area contributed by atoms with Gasteiger partial charge >= 0.3 is 0 Å². The molecule has 5 atom stereocenters. The molecule has 0 aromatic heterocycles. The lowest BCUT2D eigenvalue weighted by atomic mass is 9.50. The number of ether oxygens (including phenoxy) is 4. The number of carbonyl (C=O) groups is 1. The topological polar surface area (TPSA) is 54.0 Å². The number of Topliss-reactive ketones (excluding diaryl/α,β-unsaturated/α-hetero) is 1. The third-order valence-electron chi connectivity index (χ3n) is 9.14.